The summed E-state index contributed by atoms with van der Waals surface area (Å²) in [6.07, 6.45) is 8.66. The molecule has 0 bridgehead atoms. The molecule has 2 atom stereocenters. The van der Waals surface area contributed by atoms with E-state index in [1.165, 1.54) is 58.2 Å². The second-order valence-electron chi connectivity index (χ2n) is 6.14. The molecule has 2 saturated carbocycles. The lowest BCUT2D eigenvalue weighted by Gasteiger charge is -2.20. The molecule has 1 N–H and O–H groups in total. The Kier molecular flexibility index (Phi) is 3.21. The molecule has 2 aliphatic carbocycles. The minimum absolute atomic E-state index is 0.829. The molecule has 3 rings (SSSR count). The summed E-state index contributed by atoms with van der Waals surface area (Å²) in [6.45, 7) is 6.36. The Morgan fingerprint density at radius 2 is 2.00 bits per heavy atom. The Balaban J connectivity index is 1.38. The molecule has 1 heterocycles. The third-order valence-corrected chi connectivity index (χ3v) is 4.68. The summed E-state index contributed by atoms with van der Waals surface area (Å²) in [5.41, 5.74) is 0. The van der Waals surface area contributed by atoms with Crippen LogP contribution in [-0.2, 0) is 0 Å². The van der Waals surface area contributed by atoms with Crippen molar-refractivity contribution in [2.75, 3.05) is 19.6 Å². The van der Waals surface area contributed by atoms with Crippen LogP contribution < -0.4 is 5.32 Å². The molecule has 1 aliphatic heterocycles. The third-order valence-electron chi connectivity index (χ3n) is 4.68. The molecule has 2 unspecified atom stereocenters. The van der Waals surface area contributed by atoms with Gasteiger partial charge in [-0.05, 0) is 63.5 Å². The highest BCUT2D eigenvalue weighted by Crippen LogP contribution is 2.34. The van der Waals surface area contributed by atoms with Gasteiger partial charge in [0.15, 0.2) is 0 Å². The molecule has 0 spiro atoms. The lowest BCUT2D eigenvalue weighted by molar-refractivity contribution is 0.306. The fourth-order valence-corrected chi connectivity index (χ4v) is 3.26. The van der Waals surface area contributed by atoms with E-state index >= 15 is 0 Å². The van der Waals surface area contributed by atoms with Gasteiger partial charge < -0.3 is 10.2 Å². The molecule has 16 heavy (non-hydrogen) atoms. The van der Waals surface area contributed by atoms with Crippen molar-refractivity contribution in [3.05, 3.63) is 0 Å². The second-order valence-corrected chi connectivity index (χ2v) is 6.14. The van der Waals surface area contributed by atoms with Crippen LogP contribution in [0.2, 0.25) is 0 Å². The van der Waals surface area contributed by atoms with Gasteiger partial charge in [-0.3, -0.25) is 0 Å². The zero-order valence-electron chi connectivity index (χ0n) is 10.6. The first kappa shape index (κ1) is 11.0. The largest absolute Gasteiger partial charge is 0.313 e. The topological polar surface area (TPSA) is 15.3 Å². The summed E-state index contributed by atoms with van der Waals surface area (Å²) >= 11 is 0. The molecule has 92 valence electrons. The smallest absolute Gasteiger partial charge is 0.00965 e. The molecule has 0 aromatic rings. The van der Waals surface area contributed by atoms with E-state index < -0.39 is 0 Å². The van der Waals surface area contributed by atoms with Crippen LogP contribution in [0, 0.1) is 11.8 Å². The fourth-order valence-electron chi connectivity index (χ4n) is 3.26. The van der Waals surface area contributed by atoms with Crippen LogP contribution in [0.1, 0.15) is 45.4 Å². The van der Waals surface area contributed by atoms with Crippen molar-refractivity contribution in [3.8, 4) is 0 Å². The minimum atomic E-state index is 0.829. The monoisotopic (exact) mass is 222 g/mol. The van der Waals surface area contributed by atoms with Gasteiger partial charge in [-0.2, -0.15) is 0 Å². The zero-order chi connectivity index (χ0) is 11.0. The van der Waals surface area contributed by atoms with Gasteiger partial charge in [0.05, 0.1) is 0 Å². The van der Waals surface area contributed by atoms with E-state index in [4.69, 9.17) is 0 Å². The molecule has 1 saturated heterocycles. The molecule has 0 radical (unpaired) electrons. The highest BCUT2D eigenvalue weighted by molar-refractivity contribution is 4.91. The lowest BCUT2D eigenvalue weighted by Crippen LogP contribution is -2.35. The van der Waals surface area contributed by atoms with Gasteiger partial charge in [0.2, 0.25) is 0 Å². The van der Waals surface area contributed by atoms with Crippen molar-refractivity contribution >= 4 is 0 Å². The van der Waals surface area contributed by atoms with Crippen molar-refractivity contribution in [1.82, 2.24) is 10.2 Å². The zero-order valence-corrected chi connectivity index (χ0v) is 10.6. The first-order valence-electron chi connectivity index (χ1n) is 7.34. The first-order chi connectivity index (χ1) is 7.86. The highest BCUT2D eigenvalue weighted by atomic mass is 15.2. The molecule has 0 aromatic heterocycles. The third kappa shape index (κ3) is 2.60. The van der Waals surface area contributed by atoms with E-state index in [2.05, 4.69) is 17.1 Å². The van der Waals surface area contributed by atoms with Gasteiger partial charge in [-0.15, -0.1) is 0 Å². The molecule has 3 aliphatic rings. The van der Waals surface area contributed by atoms with Crippen LogP contribution in [0.3, 0.4) is 0 Å². The van der Waals surface area contributed by atoms with Gasteiger partial charge in [0.25, 0.3) is 0 Å². The average Bonchev–Trinajstić information content (AvgIpc) is 3.19. The average molecular weight is 222 g/mol. The summed E-state index contributed by atoms with van der Waals surface area (Å²) in [6, 6.07) is 1.81. The maximum absolute atomic E-state index is 3.83. The number of nitrogens with zero attached hydrogens (tertiary/aromatic N) is 1. The molecule has 2 heteroatoms. The van der Waals surface area contributed by atoms with Crippen LogP contribution in [0.5, 0.6) is 0 Å². The van der Waals surface area contributed by atoms with E-state index in [0.29, 0.717) is 0 Å². The van der Waals surface area contributed by atoms with Gasteiger partial charge in [-0.1, -0.05) is 6.92 Å². The minimum Gasteiger partial charge on any atom is -0.313 e. The Morgan fingerprint density at radius 1 is 1.19 bits per heavy atom. The predicted octanol–water partition coefficient (Wildman–Crippen LogP) is 2.25. The normalized spacial score (nSPS) is 33.2. The second kappa shape index (κ2) is 4.66. The van der Waals surface area contributed by atoms with Crippen LogP contribution in [-0.4, -0.2) is 36.6 Å². The maximum atomic E-state index is 3.83. The maximum Gasteiger partial charge on any atom is 0.00965 e. The predicted molar refractivity (Wildman–Crippen MR) is 67.5 cm³/mol. The Morgan fingerprint density at radius 3 is 2.62 bits per heavy atom. The van der Waals surface area contributed by atoms with Gasteiger partial charge in [0, 0.05) is 18.6 Å². The van der Waals surface area contributed by atoms with Gasteiger partial charge in [0.1, 0.15) is 0 Å². The van der Waals surface area contributed by atoms with Crippen molar-refractivity contribution in [3.63, 3.8) is 0 Å². The van der Waals surface area contributed by atoms with Gasteiger partial charge >= 0.3 is 0 Å². The standard InChI is InChI=1S/C14H26N2/c1-2-14(12-3-4-12)15-9-11-7-8-16(10-11)13-5-6-13/h11-15H,2-10H2,1H3. The van der Waals surface area contributed by atoms with E-state index in [1.807, 2.05) is 0 Å². The van der Waals surface area contributed by atoms with Crippen molar-refractivity contribution in [1.29, 1.82) is 0 Å². The number of likely N-dealkylation sites (tertiary alicyclic amines) is 1. The summed E-state index contributed by atoms with van der Waals surface area (Å²) in [5, 5.41) is 3.83. The van der Waals surface area contributed by atoms with E-state index in [9.17, 15) is 0 Å². The van der Waals surface area contributed by atoms with E-state index in [0.717, 1.165) is 23.9 Å². The number of hydrogen-bond acceptors (Lipinski definition) is 2. The van der Waals surface area contributed by atoms with E-state index in [1.54, 1.807) is 0 Å². The lowest BCUT2D eigenvalue weighted by atomic mass is 10.1. The quantitative estimate of drug-likeness (QED) is 0.741. The van der Waals surface area contributed by atoms with Crippen molar-refractivity contribution in [2.45, 2.75) is 57.5 Å². The molecular weight excluding hydrogens is 196 g/mol. The van der Waals surface area contributed by atoms with E-state index in [-0.39, 0.29) is 0 Å². The van der Waals surface area contributed by atoms with Crippen LogP contribution >= 0.6 is 0 Å². The molecular formula is C14H26N2. The Hall–Kier alpha value is -0.0800. The highest BCUT2D eigenvalue weighted by Gasteiger charge is 2.35. The van der Waals surface area contributed by atoms with Crippen molar-refractivity contribution < 1.29 is 0 Å². The summed E-state index contributed by atoms with van der Waals surface area (Å²) in [7, 11) is 0. The first-order valence-corrected chi connectivity index (χ1v) is 7.34. The van der Waals surface area contributed by atoms with Crippen molar-refractivity contribution in [2.24, 2.45) is 11.8 Å². The number of rotatable bonds is 6. The summed E-state index contributed by atoms with van der Waals surface area (Å²) < 4.78 is 0. The summed E-state index contributed by atoms with van der Waals surface area (Å²) in [4.78, 5) is 2.73. The van der Waals surface area contributed by atoms with Crippen LogP contribution in [0.25, 0.3) is 0 Å². The molecule has 2 nitrogen and oxygen atoms in total. The van der Waals surface area contributed by atoms with Crippen LogP contribution in [0.15, 0.2) is 0 Å². The number of hydrogen-bond donors (Lipinski definition) is 1. The number of nitrogens with one attached hydrogen (secondary N) is 1. The van der Waals surface area contributed by atoms with Crippen LogP contribution in [0.4, 0.5) is 0 Å². The Bertz CT molecular complexity index is 233. The Labute approximate surface area is 99.8 Å². The fraction of sp³-hybridized carbons (Fsp3) is 1.00. The van der Waals surface area contributed by atoms with Gasteiger partial charge in [-0.25, -0.2) is 0 Å². The molecule has 3 fully saturated rings. The summed E-state index contributed by atoms with van der Waals surface area (Å²) in [5.74, 6) is 1.96. The SMILES string of the molecule is CCC(NCC1CCN(C2CC2)C1)C1CC1. The molecule has 0 aromatic carbocycles. The molecule has 0 amide bonds.